The number of carbonyl (C=O) groups excluding carboxylic acids is 1. The van der Waals surface area contributed by atoms with Gasteiger partial charge in [0.15, 0.2) is 12.4 Å². The van der Waals surface area contributed by atoms with Crippen LogP contribution >= 0.6 is 0 Å². The van der Waals surface area contributed by atoms with E-state index in [0.717, 1.165) is 36.1 Å². The van der Waals surface area contributed by atoms with Gasteiger partial charge in [0.05, 0.1) is 30.4 Å². The van der Waals surface area contributed by atoms with E-state index in [9.17, 15) is 4.79 Å². The molecule has 4 aromatic rings. The Kier molecular flexibility index (Phi) is 6.72. The minimum Gasteiger partial charge on any atom is -0.494 e. The second-order valence-corrected chi connectivity index (χ2v) is 8.30. The lowest BCUT2D eigenvalue weighted by Gasteiger charge is -2.17. The van der Waals surface area contributed by atoms with Crippen LogP contribution in [0.2, 0.25) is 0 Å². The summed E-state index contributed by atoms with van der Waals surface area (Å²) in [4.78, 5) is 29.3. The molecule has 1 amide bonds. The fourth-order valence-electron chi connectivity index (χ4n) is 4.02. The fourth-order valence-corrected chi connectivity index (χ4v) is 4.02. The molecule has 0 aliphatic carbocycles. The van der Waals surface area contributed by atoms with Crippen molar-refractivity contribution in [3.05, 3.63) is 55.0 Å². The Hall–Kier alpha value is -4.51. The summed E-state index contributed by atoms with van der Waals surface area (Å²) < 4.78 is 10.9. The molecule has 1 atom stereocenters. The van der Waals surface area contributed by atoms with Crippen molar-refractivity contribution >= 4 is 34.1 Å². The highest BCUT2D eigenvalue weighted by Gasteiger charge is 2.20. The van der Waals surface area contributed by atoms with Crippen molar-refractivity contribution in [3.63, 3.8) is 0 Å². The fraction of sp³-hybridized carbons (Fsp3) is 0.240. The highest BCUT2D eigenvalue weighted by molar-refractivity contribution is 5.95. The number of carbonyl (C=O) groups is 1. The predicted molar refractivity (Wildman–Crippen MR) is 136 cm³/mol. The van der Waals surface area contributed by atoms with Crippen molar-refractivity contribution < 1.29 is 14.3 Å². The Bertz CT molecular complexity index is 1390. The topological polar surface area (TPSA) is 149 Å². The van der Waals surface area contributed by atoms with Crippen molar-refractivity contribution in [2.45, 2.75) is 12.5 Å². The zero-order valence-electron chi connectivity index (χ0n) is 19.7. The zero-order chi connectivity index (χ0) is 24.9. The standard InChI is InChI=1S/C25H26N8O3/c1-35-20-13-28-12-19-23(20)25(31-17-6-7-27-11-17)33-24(32-19)15-5-8-29-22(9-15)30-16-3-2-4-18(10-16)36-14-21(26)34/h2-5,8-10,12-13,17,27H,6-7,11,14H2,1H3,(H2,26,34)(H,29,30)(H,31,32,33). The number of primary amides is 1. The summed E-state index contributed by atoms with van der Waals surface area (Å²) in [5, 5.41) is 11.0. The number of methoxy groups -OCH3 is 1. The first-order valence-corrected chi connectivity index (χ1v) is 11.5. The molecule has 0 saturated carbocycles. The molecule has 5 N–H and O–H groups in total. The number of nitrogens with two attached hydrogens (primary N) is 1. The maximum absolute atomic E-state index is 11.0. The minimum absolute atomic E-state index is 0.191. The Balaban J connectivity index is 1.46. The zero-order valence-corrected chi connectivity index (χ0v) is 19.7. The van der Waals surface area contributed by atoms with Crippen LogP contribution in [0.25, 0.3) is 22.3 Å². The van der Waals surface area contributed by atoms with Crippen molar-refractivity contribution in [3.8, 4) is 22.9 Å². The molecule has 0 spiro atoms. The molecule has 1 aromatic carbocycles. The molecular weight excluding hydrogens is 460 g/mol. The van der Waals surface area contributed by atoms with E-state index in [2.05, 4.69) is 25.9 Å². The second kappa shape index (κ2) is 10.4. The van der Waals surface area contributed by atoms with Gasteiger partial charge in [-0.05, 0) is 37.2 Å². The third-order valence-corrected chi connectivity index (χ3v) is 5.70. The lowest BCUT2D eigenvalue weighted by molar-refractivity contribution is -0.119. The molecule has 1 aliphatic rings. The highest BCUT2D eigenvalue weighted by atomic mass is 16.5. The van der Waals surface area contributed by atoms with Crippen LogP contribution < -0.4 is 31.2 Å². The number of fused-ring (bicyclic) bond motifs is 1. The third-order valence-electron chi connectivity index (χ3n) is 5.70. The minimum atomic E-state index is -0.538. The molecule has 11 heteroatoms. The average Bonchev–Trinajstić information content (AvgIpc) is 3.40. The van der Waals surface area contributed by atoms with Gasteiger partial charge in [0, 0.05) is 36.1 Å². The maximum Gasteiger partial charge on any atom is 0.255 e. The van der Waals surface area contributed by atoms with Crippen molar-refractivity contribution in [1.82, 2.24) is 25.3 Å². The van der Waals surface area contributed by atoms with Crippen LogP contribution in [0, 0.1) is 0 Å². The number of pyridine rings is 2. The summed E-state index contributed by atoms with van der Waals surface area (Å²) in [5.74, 6) is 2.43. The van der Waals surface area contributed by atoms with Crippen molar-refractivity contribution in [2.24, 2.45) is 5.73 Å². The molecule has 3 aromatic heterocycles. The first kappa shape index (κ1) is 23.2. The van der Waals surface area contributed by atoms with Crippen LogP contribution in [0.4, 0.5) is 17.3 Å². The van der Waals surface area contributed by atoms with E-state index in [-0.39, 0.29) is 12.6 Å². The molecular formula is C25H26N8O3. The molecule has 36 heavy (non-hydrogen) atoms. The van der Waals surface area contributed by atoms with Crippen LogP contribution in [0.3, 0.4) is 0 Å². The molecule has 0 radical (unpaired) electrons. The van der Waals surface area contributed by atoms with Gasteiger partial charge in [0.2, 0.25) is 0 Å². The third kappa shape index (κ3) is 5.26. The van der Waals surface area contributed by atoms with Crippen LogP contribution in [-0.4, -0.2) is 58.7 Å². The smallest absolute Gasteiger partial charge is 0.255 e. The van der Waals surface area contributed by atoms with Crippen LogP contribution in [0.1, 0.15) is 6.42 Å². The van der Waals surface area contributed by atoms with Gasteiger partial charge in [-0.1, -0.05) is 6.07 Å². The van der Waals surface area contributed by atoms with E-state index in [0.29, 0.717) is 34.5 Å². The van der Waals surface area contributed by atoms with E-state index in [1.165, 1.54) is 0 Å². The SMILES string of the molecule is COc1cncc2nc(-c3ccnc(Nc4cccc(OCC(N)=O)c4)c3)nc(NC3CCNC3)c12. The quantitative estimate of drug-likeness (QED) is 0.278. The molecule has 1 fully saturated rings. The van der Waals surface area contributed by atoms with Crippen LogP contribution in [0.15, 0.2) is 55.0 Å². The summed E-state index contributed by atoms with van der Waals surface area (Å²) in [6.45, 7) is 1.63. The van der Waals surface area contributed by atoms with Crippen molar-refractivity contribution in [2.75, 3.05) is 37.4 Å². The number of amides is 1. The Morgan fingerprint density at radius 3 is 2.94 bits per heavy atom. The van der Waals surface area contributed by atoms with Gasteiger partial charge >= 0.3 is 0 Å². The average molecular weight is 487 g/mol. The Labute approximate surface area is 207 Å². The molecule has 0 bridgehead atoms. The number of anilines is 3. The number of nitrogens with zero attached hydrogens (tertiary/aromatic N) is 4. The number of nitrogens with one attached hydrogen (secondary N) is 3. The largest absolute Gasteiger partial charge is 0.494 e. The molecule has 1 saturated heterocycles. The number of rotatable bonds is 9. The Morgan fingerprint density at radius 2 is 2.14 bits per heavy atom. The summed E-state index contributed by atoms with van der Waals surface area (Å²) in [6, 6.07) is 11.2. The number of benzene rings is 1. The van der Waals surface area contributed by atoms with E-state index >= 15 is 0 Å². The van der Waals surface area contributed by atoms with E-state index in [4.69, 9.17) is 25.2 Å². The maximum atomic E-state index is 11.0. The molecule has 4 heterocycles. The van der Waals surface area contributed by atoms with E-state index in [1.54, 1.807) is 37.8 Å². The van der Waals surface area contributed by atoms with Gasteiger partial charge in [-0.2, -0.15) is 0 Å². The first-order chi connectivity index (χ1) is 17.6. The van der Waals surface area contributed by atoms with Gasteiger partial charge in [0.1, 0.15) is 23.1 Å². The molecule has 11 nitrogen and oxygen atoms in total. The second-order valence-electron chi connectivity index (χ2n) is 8.30. The summed E-state index contributed by atoms with van der Waals surface area (Å²) in [6.07, 6.45) is 6.06. The number of aromatic nitrogens is 4. The normalized spacial score (nSPS) is 15.0. The summed E-state index contributed by atoms with van der Waals surface area (Å²) in [7, 11) is 1.61. The van der Waals surface area contributed by atoms with Crippen molar-refractivity contribution in [1.29, 1.82) is 0 Å². The lowest BCUT2D eigenvalue weighted by atomic mass is 10.2. The van der Waals surface area contributed by atoms with Crippen LogP contribution in [0.5, 0.6) is 11.5 Å². The van der Waals surface area contributed by atoms with Gasteiger partial charge in [-0.15, -0.1) is 0 Å². The van der Waals surface area contributed by atoms with Crippen LogP contribution in [-0.2, 0) is 4.79 Å². The molecule has 1 aliphatic heterocycles. The molecule has 184 valence electrons. The van der Waals surface area contributed by atoms with Gasteiger partial charge in [0.25, 0.3) is 5.91 Å². The predicted octanol–water partition coefficient (Wildman–Crippen LogP) is 2.48. The van der Waals surface area contributed by atoms with Gasteiger partial charge < -0.3 is 31.2 Å². The molecule has 5 rings (SSSR count). The number of hydrogen-bond donors (Lipinski definition) is 4. The van der Waals surface area contributed by atoms with E-state index in [1.807, 2.05) is 24.3 Å². The van der Waals surface area contributed by atoms with Gasteiger partial charge in [-0.3, -0.25) is 9.78 Å². The number of hydrogen-bond acceptors (Lipinski definition) is 10. The lowest BCUT2D eigenvalue weighted by Crippen LogP contribution is -2.23. The monoisotopic (exact) mass is 486 g/mol. The molecule has 1 unspecified atom stereocenters. The summed E-state index contributed by atoms with van der Waals surface area (Å²) in [5.41, 5.74) is 7.36. The first-order valence-electron chi connectivity index (χ1n) is 11.5. The van der Waals surface area contributed by atoms with E-state index < -0.39 is 5.91 Å². The summed E-state index contributed by atoms with van der Waals surface area (Å²) >= 11 is 0. The Morgan fingerprint density at radius 1 is 1.22 bits per heavy atom. The van der Waals surface area contributed by atoms with Gasteiger partial charge in [-0.25, -0.2) is 15.0 Å². The number of ether oxygens (including phenoxy) is 2. The highest BCUT2D eigenvalue weighted by Crippen LogP contribution is 2.32.